The van der Waals surface area contributed by atoms with E-state index in [9.17, 15) is 14.9 Å². The number of nitrogens with one attached hydrogen (secondary N) is 1. The quantitative estimate of drug-likeness (QED) is 0.389. The number of rotatable bonds is 4. The lowest BCUT2D eigenvalue weighted by Crippen LogP contribution is -2.16. The predicted molar refractivity (Wildman–Crippen MR) is 100 cm³/mol. The highest BCUT2D eigenvalue weighted by Crippen LogP contribution is 2.36. The van der Waals surface area contributed by atoms with Crippen molar-refractivity contribution < 1.29 is 9.72 Å². The molecule has 0 saturated heterocycles. The van der Waals surface area contributed by atoms with E-state index in [-0.39, 0.29) is 5.69 Å². The number of amides is 1. The number of hydrogen-bond donors (Lipinski definition) is 1. The lowest BCUT2D eigenvalue weighted by molar-refractivity contribution is -0.384. The third-order valence-electron chi connectivity index (χ3n) is 3.28. The van der Waals surface area contributed by atoms with Crippen LogP contribution in [0.3, 0.4) is 0 Å². The third kappa shape index (κ3) is 3.79. The minimum Gasteiger partial charge on any atom is -0.266 e. The lowest BCUT2D eigenvalue weighted by Gasteiger charge is -1.97. The smallest absolute Gasteiger partial charge is 0.266 e. The first kappa shape index (κ1) is 17.3. The van der Waals surface area contributed by atoms with Gasteiger partial charge in [0.2, 0.25) is 0 Å². The zero-order chi connectivity index (χ0) is 18.0. The number of nitrogens with zero attached hydrogens (tertiary/aromatic N) is 2. The van der Waals surface area contributed by atoms with Gasteiger partial charge < -0.3 is 0 Å². The van der Waals surface area contributed by atoms with E-state index in [1.54, 1.807) is 18.2 Å². The van der Waals surface area contributed by atoms with Crippen LogP contribution in [0.2, 0.25) is 10.0 Å². The van der Waals surface area contributed by atoms with E-state index in [2.05, 4.69) is 10.5 Å². The number of nitro benzene ring substituents is 1. The molecule has 25 heavy (non-hydrogen) atoms. The van der Waals surface area contributed by atoms with Crippen molar-refractivity contribution in [1.29, 1.82) is 0 Å². The van der Waals surface area contributed by atoms with Crippen molar-refractivity contribution in [2.24, 2.45) is 5.10 Å². The molecule has 0 unspecified atom stereocenters. The molecule has 6 nitrogen and oxygen atoms in total. The maximum atomic E-state index is 12.2. The van der Waals surface area contributed by atoms with E-state index in [0.29, 0.717) is 20.5 Å². The average Bonchev–Trinajstić information content (AvgIpc) is 2.91. The predicted octanol–water partition coefficient (Wildman–Crippen LogP) is 4.88. The van der Waals surface area contributed by atoms with Crippen LogP contribution in [0.5, 0.6) is 0 Å². The Labute approximate surface area is 155 Å². The number of carbonyl (C=O) groups excluding carboxylic acids is 1. The second-order valence-corrected chi connectivity index (χ2v) is 6.80. The summed E-state index contributed by atoms with van der Waals surface area (Å²) in [6, 6.07) is 11.0. The Balaban J connectivity index is 1.74. The molecule has 3 aromatic rings. The number of non-ortho nitro benzene ring substituents is 1. The Morgan fingerprint density at radius 3 is 2.60 bits per heavy atom. The molecular weight excluding hydrogens is 385 g/mol. The van der Waals surface area contributed by atoms with Crippen molar-refractivity contribution in [2.45, 2.75) is 0 Å². The van der Waals surface area contributed by atoms with Gasteiger partial charge in [0.15, 0.2) is 0 Å². The number of hydrazone groups is 1. The molecule has 0 spiro atoms. The number of nitro groups is 1. The van der Waals surface area contributed by atoms with Crippen molar-refractivity contribution in [3.63, 3.8) is 0 Å². The van der Waals surface area contributed by atoms with Crippen LogP contribution >= 0.6 is 34.5 Å². The van der Waals surface area contributed by atoms with Crippen LogP contribution in [0.15, 0.2) is 47.6 Å². The first-order valence-corrected chi connectivity index (χ1v) is 8.48. The molecule has 3 rings (SSSR count). The van der Waals surface area contributed by atoms with Gasteiger partial charge in [-0.15, -0.1) is 11.3 Å². The Kier molecular flexibility index (Phi) is 4.98. The Morgan fingerprint density at radius 2 is 1.92 bits per heavy atom. The van der Waals surface area contributed by atoms with Crippen LogP contribution in [0.4, 0.5) is 5.69 Å². The number of thiophene rings is 1. The highest BCUT2D eigenvalue weighted by Gasteiger charge is 2.16. The largest absolute Gasteiger partial charge is 0.283 e. The summed E-state index contributed by atoms with van der Waals surface area (Å²) in [5.74, 6) is -0.444. The van der Waals surface area contributed by atoms with Gasteiger partial charge in [-0.3, -0.25) is 14.9 Å². The maximum absolute atomic E-state index is 12.2. The van der Waals surface area contributed by atoms with Gasteiger partial charge in [0, 0.05) is 27.2 Å². The molecular formula is C16H9Cl2N3O3S. The van der Waals surface area contributed by atoms with Gasteiger partial charge in [-0.2, -0.15) is 5.10 Å². The molecule has 0 fully saturated rings. The Morgan fingerprint density at radius 1 is 1.20 bits per heavy atom. The van der Waals surface area contributed by atoms with Gasteiger partial charge in [0.1, 0.15) is 4.88 Å². The molecule has 0 aliphatic carbocycles. The molecule has 0 radical (unpaired) electrons. The van der Waals surface area contributed by atoms with Gasteiger partial charge in [-0.05, 0) is 29.8 Å². The number of benzene rings is 2. The molecule has 9 heteroatoms. The monoisotopic (exact) mass is 393 g/mol. The molecule has 0 aliphatic rings. The van der Waals surface area contributed by atoms with E-state index >= 15 is 0 Å². The van der Waals surface area contributed by atoms with Gasteiger partial charge >= 0.3 is 0 Å². The average molecular weight is 394 g/mol. The highest BCUT2D eigenvalue weighted by atomic mass is 35.5. The van der Waals surface area contributed by atoms with E-state index in [1.165, 1.54) is 41.8 Å². The molecule has 1 heterocycles. The van der Waals surface area contributed by atoms with Gasteiger partial charge in [0.05, 0.1) is 16.2 Å². The number of hydrogen-bond acceptors (Lipinski definition) is 5. The number of fused-ring (bicyclic) bond motifs is 1. The Hall–Kier alpha value is -2.48. The van der Waals surface area contributed by atoms with E-state index < -0.39 is 10.8 Å². The van der Waals surface area contributed by atoms with E-state index in [4.69, 9.17) is 23.2 Å². The molecule has 126 valence electrons. The first-order valence-electron chi connectivity index (χ1n) is 6.91. The standard InChI is InChI=1S/C16H9Cl2N3O3S/c17-10-3-6-12-13(7-10)25-15(14(12)18)16(22)20-19-8-9-1-4-11(5-2-9)21(23)24/h1-8H,(H,20,22)/b19-8+. The summed E-state index contributed by atoms with van der Waals surface area (Å²) in [6.07, 6.45) is 1.39. The minimum atomic E-state index is -0.488. The summed E-state index contributed by atoms with van der Waals surface area (Å²) in [5, 5.41) is 16.1. The van der Waals surface area contributed by atoms with Crippen molar-refractivity contribution >= 4 is 62.4 Å². The lowest BCUT2D eigenvalue weighted by atomic mass is 10.2. The fraction of sp³-hybridized carbons (Fsp3) is 0. The van der Waals surface area contributed by atoms with E-state index in [0.717, 1.165) is 10.1 Å². The van der Waals surface area contributed by atoms with Crippen molar-refractivity contribution in [3.8, 4) is 0 Å². The zero-order valence-electron chi connectivity index (χ0n) is 12.4. The fourth-order valence-corrected chi connectivity index (χ4v) is 3.77. The second kappa shape index (κ2) is 7.18. The highest BCUT2D eigenvalue weighted by molar-refractivity contribution is 7.21. The van der Waals surface area contributed by atoms with Gasteiger partial charge in [-0.1, -0.05) is 29.3 Å². The molecule has 0 atom stereocenters. The van der Waals surface area contributed by atoms with Crippen LogP contribution < -0.4 is 5.43 Å². The van der Waals surface area contributed by atoms with Crippen molar-refractivity contribution in [3.05, 3.63) is 73.1 Å². The van der Waals surface area contributed by atoms with Crippen molar-refractivity contribution in [1.82, 2.24) is 5.43 Å². The molecule has 1 amide bonds. The Bertz CT molecular complexity index is 1000. The first-order chi connectivity index (χ1) is 12.0. The zero-order valence-corrected chi connectivity index (χ0v) is 14.7. The normalized spacial score (nSPS) is 11.1. The molecule has 0 aliphatic heterocycles. The minimum absolute atomic E-state index is 0.0168. The molecule has 2 aromatic carbocycles. The van der Waals surface area contributed by atoms with Crippen molar-refractivity contribution in [2.75, 3.05) is 0 Å². The van der Waals surface area contributed by atoms with Crippen LogP contribution in [-0.2, 0) is 0 Å². The summed E-state index contributed by atoms with van der Waals surface area (Å²) >= 11 is 13.4. The molecule has 1 N–H and O–H groups in total. The van der Waals surface area contributed by atoms with E-state index in [1.807, 2.05) is 0 Å². The van der Waals surface area contributed by atoms with Crippen LogP contribution in [0.1, 0.15) is 15.2 Å². The van der Waals surface area contributed by atoms with Gasteiger partial charge in [0.25, 0.3) is 11.6 Å². The van der Waals surface area contributed by atoms with Crippen LogP contribution in [-0.4, -0.2) is 17.0 Å². The summed E-state index contributed by atoms with van der Waals surface area (Å²) in [7, 11) is 0. The summed E-state index contributed by atoms with van der Waals surface area (Å²) in [6.45, 7) is 0. The molecule has 1 aromatic heterocycles. The topological polar surface area (TPSA) is 84.6 Å². The second-order valence-electron chi connectivity index (χ2n) is 4.93. The number of halogens is 2. The fourth-order valence-electron chi connectivity index (χ4n) is 2.08. The SMILES string of the molecule is O=C(N/N=C/c1ccc([N+](=O)[O-])cc1)c1sc2cc(Cl)ccc2c1Cl. The summed E-state index contributed by atoms with van der Waals surface area (Å²) < 4.78 is 0.807. The summed E-state index contributed by atoms with van der Waals surface area (Å²) in [5.41, 5.74) is 2.99. The van der Waals surface area contributed by atoms with Gasteiger partial charge in [-0.25, -0.2) is 5.43 Å². The number of carbonyl (C=O) groups is 1. The van der Waals surface area contributed by atoms with Crippen LogP contribution in [0.25, 0.3) is 10.1 Å². The third-order valence-corrected chi connectivity index (χ3v) is 5.17. The maximum Gasteiger partial charge on any atom is 0.283 e. The molecule has 0 bridgehead atoms. The summed E-state index contributed by atoms with van der Waals surface area (Å²) in [4.78, 5) is 22.7. The molecule has 0 saturated carbocycles. The van der Waals surface area contributed by atoms with Crippen LogP contribution in [0, 0.1) is 10.1 Å².